The predicted octanol–water partition coefficient (Wildman–Crippen LogP) is 5.86. The maximum atomic E-state index is 6.07. The minimum absolute atomic E-state index is 0.162. The number of benzene rings is 1. The number of aromatic nitrogens is 3. The monoisotopic (exact) mass is 442 g/mol. The van der Waals surface area contributed by atoms with E-state index in [0.29, 0.717) is 5.15 Å². The van der Waals surface area contributed by atoms with Gasteiger partial charge < -0.3 is 10.1 Å². The minimum Gasteiger partial charge on any atom is -0.491 e. The van der Waals surface area contributed by atoms with Gasteiger partial charge in [-0.25, -0.2) is 9.97 Å². The average Bonchev–Trinajstić information content (AvgIpc) is 3.23. The van der Waals surface area contributed by atoms with Crippen molar-refractivity contribution in [3.63, 3.8) is 0 Å². The molecule has 0 saturated heterocycles. The molecule has 0 aliphatic carbocycles. The fraction of sp³-hybridized carbons (Fsp3) is 0.154. The highest BCUT2D eigenvalue weighted by atomic mass is 35.5. The molecule has 0 spiro atoms. The molecule has 4 aromatic rings. The summed E-state index contributed by atoms with van der Waals surface area (Å²) in [5, 5.41) is 3.89. The first-order valence-corrected chi connectivity index (χ1v) is 11.0. The number of hydrogen-bond donors (Lipinski definition) is 1. The highest BCUT2D eigenvalue weighted by Gasteiger charge is 2.13. The first kappa shape index (κ1) is 20.3. The van der Waals surface area contributed by atoms with E-state index in [2.05, 4.69) is 62.3 Å². The molecular weight excluding hydrogens is 420 g/mol. The van der Waals surface area contributed by atoms with Crippen molar-refractivity contribution < 1.29 is 4.74 Å². The van der Waals surface area contributed by atoms with Gasteiger partial charge in [0.1, 0.15) is 16.5 Å². The van der Waals surface area contributed by atoms with Crippen LogP contribution in [0, 0.1) is 0 Å². The maximum absolute atomic E-state index is 6.07. The molecule has 1 aliphatic rings. The maximum Gasteiger partial charge on any atom is 0.137 e. The Balaban J connectivity index is 1.45. The van der Waals surface area contributed by atoms with Crippen LogP contribution >= 0.6 is 11.6 Å². The molecule has 6 heteroatoms. The number of imidazole rings is 1. The third kappa shape index (κ3) is 4.12. The molecule has 1 aromatic carbocycles. The lowest BCUT2D eigenvalue weighted by Gasteiger charge is -2.16. The summed E-state index contributed by atoms with van der Waals surface area (Å²) in [4.78, 5) is 8.74. The van der Waals surface area contributed by atoms with E-state index in [1.807, 2.05) is 44.3 Å². The van der Waals surface area contributed by atoms with E-state index in [9.17, 15) is 0 Å². The first-order chi connectivity index (χ1) is 15.6. The number of nitrogens with zero attached hydrogens (tertiary/aromatic N) is 3. The van der Waals surface area contributed by atoms with Crippen LogP contribution in [-0.2, 0) is 0 Å². The number of nitrogens with one attached hydrogen (secondary N) is 1. The molecular formula is C26H23ClN4O. The molecule has 1 aliphatic heterocycles. The fourth-order valence-corrected chi connectivity index (χ4v) is 4.02. The normalized spacial score (nSPS) is 13.6. The molecule has 5 rings (SSSR count). The molecule has 4 heterocycles. The number of dihydropyridines is 1. The smallest absolute Gasteiger partial charge is 0.137 e. The van der Waals surface area contributed by atoms with Crippen LogP contribution in [-0.4, -0.2) is 27.0 Å². The van der Waals surface area contributed by atoms with Crippen LogP contribution in [0.25, 0.3) is 28.0 Å². The Morgan fingerprint density at radius 2 is 1.84 bits per heavy atom. The Bertz CT molecular complexity index is 1340. The number of rotatable bonds is 5. The number of hydrogen-bond acceptors (Lipinski definition) is 4. The van der Waals surface area contributed by atoms with Gasteiger partial charge in [-0.3, -0.25) is 4.40 Å². The SMILES string of the molecule is CC(C)Oc1ccc(-c2ccn3c(C4=CCNC(c5ccnc(Cl)c5)=C4)cnc3c2)cc1. The summed E-state index contributed by atoms with van der Waals surface area (Å²) in [5.41, 5.74) is 7.34. The lowest BCUT2D eigenvalue weighted by atomic mass is 10.0. The summed E-state index contributed by atoms with van der Waals surface area (Å²) < 4.78 is 7.86. The average molecular weight is 443 g/mol. The Hall–Kier alpha value is -3.57. The van der Waals surface area contributed by atoms with Gasteiger partial charge in [-0.05, 0) is 73.0 Å². The molecule has 5 nitrogen and oxygen atoms in total. The van der Waals surface area contributed by atoms with Crippen molar-refractivity contribution >= 4 is 28.5 Å². The number of allylic oxidation sites excluding steroid dienone is 2. The highest BCUT2D eigenvalue weighted by molar-refractivity contribution is 6.29. The van der Waals surface area contributed by atoms with E-state index in [1.54, 1.807) is 6.20 Å². The second kappa shape index (κ2) is 8.52. The fourth-order valence-electron chi connectivity index (χ4n) is 3.84. The van der Waals surface area contributed by atoms with Gasteiger partial charge in [0, 0.05) is 30.2 Å². The van der Waals surface area contributed by atoms with Gasteiger partial charge in [-0.2, -0.15) is 0 Å². The molecule has 0 atom stereocenters. The zero-order valence-corrected chi connectivity index (χ0v) is 18.7. The summed E-state index contributed by atoms with van der Waals surface area (Å²) in [7, 11) is 0. The van der Waals surface area contributed by atoms with Crippen LogP contribution < -0.4 is 10.1 Å². The third-order valence-electron chi connectivity index (χ3n) is 5.32. The van der Waals surface area contributed by atoms with E-state index in [0.717, 1.165) is 51.6 Å². The molecule has 1 N–H and O–H groups in total. The minimum atomic E-state index is 0.162. The van der Waals surface area contributed by atoms with E-state index in [-0.39, 0.29) is 6.10 Å². The summed E-state index contributed by atoms with van der Waals surface area (Å²) in [5.74, 6) is 0.879. The Labute approximate surface area is 192 Å². The Kier molecular flexibility index (Phi) is 5.41. The Morgan fingerprint density at radius 3 is 2.62 bits per heavy atom. The van der Waals surface area contributed by atoms with Gasteiger partial charge >= 0.3 is 0 Å². The number of ether oxygens (including phenoxy) is 1. The molecule has 0 fully saturated rings. The van der Waals surface area contributed by atoms with Crippen molar-refractivity contribution in [3.8, 4) is 16.9 Å². The van der Waals surface area contributed by atoms with Crippen LogP contribution in [0.1, 0.15) is 25.1 Å². The van der Waals surface area contributed by atoms with Crippen LogP contribution in [0.3, 0.4) is 0 Å². The lowest BCUT2D eigenvalue weighted by molar-refractivity contribution is 0.242. The van der Waals surface area contributed by atoms with Gasteiger partial charge in [-0.1, -0.05) is 29.8 Å². The van der Waals surface area contributed by atoms with Gasteiger partial charge in [0.05, 0.1) is 18.0 Å². The van der Waals surface area contributed by atoms with Crippen LogP contribution in [0.4, 0.5) is 0 Å². The van der Waals surface area contributed by atoms with Crippen molar-refractivity contribution in [2.75, 3.05) is 6.54 Å². The van der Waals surface area contributed by atoms with Crippen molar-refractivity contribution in [3.05, 3.63) is 95.7 Å². The van der Waals surface area contributed by atoms with Gasteiger partial charge in [-0.15, -0.1) is 0 Å². The number of halogens is 1. The Morgan fingerprint density at radius 1 is 1.00 bits per heavy atom. The van der Waals surface area contributed by atoms with Crippen molar-refractivity contribution in [2.45, 2.75) is 20.0 Å². The summed E-state index contributed by atoms with van der Waals surface area (Å²) >= 11 is 6.07. The van der Waals surface area contributed by atoms with E-state index in [4.69, 9.17) is 16.3 Å². The quantitative estimate of drug-likeness (QED) is 0.393. The topological polar surface area (TPSA) is 51.5 Å². The highest BCUT2D eigenvalue weighted by Crippen LogP contribution is 2.28. The molecule has 0 radical (unpaired) electrons. The first-order valence-electron chi connectivity index (χ1n) is 10.6. The summed E-state index contributed by atoms with van der Waals surface area (Å²) in [6, 6.07) is 16.2. The van der Waals surface area contributed by atoms with E-state index >= 15 is 0 Å². The molecule has 32 heavy (non-hydrogen) atoms. The van der Waals surface area contributed by atoms with Gasteiger partial charge in [0.15, 0.2) is 0 Å². The van der Waals surface area contributed by atoms with Crippen LogP contribution in [0.15, 0.2) is 79.3 Å². The standard InChI is InChI=1S/C26H23ClN4O/c1-17(2)32-22-5-3-18(4-6-22)19-9-12-31-24(16-30-26(31)15-19)21-8-10-28-23(13-21)20-7-11-29-25(27)14-20/h3-9,11-17,28H,10H2,1-2H3. The molecule has 0 unspecified atom stereocenters. The molecule has 3 aromatic heterocycles. The third-order valence-corrected chi connectivity index (χ3v) is 5.53. The van der Waals surface area contributed by atoms with Gasteiger partial charge in [0.2, 0.25) is 0 Å². The van der Waals surface area contributed by atoms with Crippen molar-refractivity contribution in [2.24, 2.45) is 0 Å². The second-order valence-electron chi connectivity index (χ2n) is 7.94. The summed E-state index contributed by atoms with van der Waals surface area (Å²) in [6.07, 6.45) is 10.2. The number of fused-ring (bicyclic) bond motifs is 1. The molecule has 0 bridgehead atoms. The van der Waals surface area contributed by atoms with E-state index < -0.39 is 0 Å². The van der Waals surface area contributed by atoms with Crippen LogP contribution in [0.5, 0.6) is 5.75 Å². The number of pyridine rings is 2. The lowest BCUT2D eigenvalue weighted by Crippen LogP contribution is -2.16. The van der Waals surface area contributed by atoms with Crippen molar-refractivity contribution in [1.29, 1.82) is 0 Å². The zero-order chi connectivity index (χ0) is 22.1. The largest absolute Gasteiger partial charge is 0.491 e. The molecule has 0 saturated carbocycles. The molecule has 160 valence electrons. The van der Waals surface area contributed by atoms with E-state index in [1.165, 1.54) is 0 Å². The van der Waals surface area contributed by atoms with Crippen molar-refractivity contribution in [1.82, 2.24) is 19.7 Å². The zero-order valence-electron chi connectivity index (χ0n) is 17.9. The second-order valence-corrected chi connectivity index (χ2v) is 8.33. The molecule has 0 amide bonds. The predicted molar refractivity (Wildman–Crippen MR) is 130 cm³/mol. The summed E-state index contributed by atoms with van der Waals surface area (Å²) in [6.45, 7) is 4.79. The van der Waals surface area contributed by atoms with Crippen LogP contribution in [0.2, 0.25) is 5.15 Å². The van der Waals surface area contributed by atoms with Gasteiger partial charge in [0.25, 0.3) is 0 Å².